The molecule has 4 rings (SSSR count). The Morgan fingerprint density at radius 1 is 1.28 bits per heavy atom. The number of halogens is 3. The number of pyridine rings is 1. The highest BCUT2D eigenvalue weighted by molar-refractivity contribution is 5.83. The van der Waals surface area contributed by atoms with Gasteiger partial charge in [-0.1, -0.05) is 12.1 Å². The SMILES string of the molecule is N#Cc1ccc(-c2cc3c(cnn3C[C@H]3CCNC3)nc2OCC(F)(F)F)cc1. The van der Waals surface area contributed by atoms with Gasteiger partial charge in [0.1, 0.15) is 5.52 Å². The molecule has 0 saturated carbocycles. The largest absolute Gasteiger partial charge is 0.468 e. The molecule has 1 saturated heterocycles. The van der Waals surface area contributed by atoms with Crippen molar-refractivity contribution in [2.75, 3.05) is 19.7 Å². The molecule has 2 aromatic heterocycles. The van der Waals surface area contributed by atoms with Crippen LogP contribution in [0.3, 0.4) is 0 Å². The molecule has 3 aromatic rings. The summed E-state index contributed by atoms with van der Waals surface area (Å²) in [5.74, 6) is 0.333. The number of nitriles is 1. The summed E-state index contributed by atoms with van der Waals surface area (Å²) in [5, 5.41) is 16.7. The van der Waals surface area contributed by atoms with Crippen molar-refractivity contribution < 1.29 is 17.9 Å². The molecule has 3 heterocycles. The van der Waals surface area contributed by atoms with Gasteiger partial charge in [0.2, 0.25) is 5.88 Å². The third-order valence-electron chi connectivity index (χ3n) is 4.88. The van der Waals surface area contributed by atoms with Gasteiger partial charge in [-0.05, 0) is 49.2 Å². The summed E-state index contributed by atoms with van der Waals surface area (Å²) < 4.78 is 45.0. The van der Waals surface area contributed by atoms with E-state index in [0.717, 1.165) is 25.0 Å². The number of nitrogens with one attached hydrogen (secondary N) is 1. The van der Waals surface area contributed by atoms with Crippen LogP contribution in [0.2, 0.25) is 0 Å². The van der Waals surface area contributed by atoms with Gasteiger partial charge in [-0.15, -0.1) is 0 Å². The van der Waals surface area contributed by atoms with E-state index in [9.17, 15) is 13.2 Å². The molecule has 0 bridgehead atoms. The molecule has 150 valence electrons. The number of ether oxygens (including phenoxy) is 1. The average molecular weight is 401 g/mol. The van der Waals surface area contributed by atoms with Gasteiger partial charge in [-0.25, -0.2) is 4.98 Å². The average Bonchev–Trinajstić information content (AvgIpc) is 3.35. The molecule has 6 nitrogen and oxygen atoms in total. The highest BCUT2D eigenvalue weighted by Crippen LogP contribution is 2.33. The Labute approximate surface area is 164 Å². The van der Waals surface area contributed by atoms with Gasteiger partial charge in [0, 0.05) is 12.1 Å². The lowest BCUT2D eigenvalue weighted by Crippen LogP contribution is -2.20. The zero-order chi connectivity index (χ0) is 20.4. The number of aromatic nitrogens is 3. The maximum absolute atomic E-state index is 12.7. The second-order valence-electron chi connectivity index (χ2n) is 7.02. The van der Waals surface area contributed by atoms with Crippen molar-refractivity contribution in [3.8, 4) is 23.1 Å². The van der Waals surface area contributed by atoms with E-state index in [1.807, 2.05) is 10.8 Å². The first kappa shape index (κ1) is 19.2. The van der Waals surface area contributed by atoms with Gasteiger partial charge < -0.3 is 10.1 Å². The first-order valence-corrected chi connectivity index (χ1v) is 9.20. The molecule has 1 aliphatic rings. The summed E-state index contributed by atoms with van der Waals surface area (Å²) in [4.78, 5) is 4.31. The fourth-order valence-electron chi connectivity index (χ4n) is 3.44. The van der Waals surface area contributed by atoms with Crippen LogP contribution >= 0.6 is 0 Å². The van der Waals surface area contributed by atoms with Crippen LogP contribution in [0.15, 0.2) is 36.5 Å². The number of hydrogen-bond acceptors (Lipinski definition) is 5. The summed E-state index contributed by atoms with van der Waals surface area (Å²) in [6.07, 6.45) is -1.89. The molecule has 1 aliphatic heterocycles. The number of alkyl halides is 3. The number of rotatable bonds is 5. The van der Waals surface area contributed by atoms with Gasteiger partial charge in [0.05, 0.1) is 23.3 Å². The molecular formula is C20H18F3N5O. The van der Waals surface area contributed by atoms with Gasteiger partial charge in [0.25, 0.3) is 0 Å². The smallest absolute Gasteiger partial charge is 0.422 e. The van der Waals surface area contributed by atoms with Crippen LogP contribution in [-0.4, -0.2) is 40.6 Å². The molecule has 0 spiro atoms. The van der Waals surface area contributed by atoms with Crippen molar-refractivity contribution in [2.45, 2.75) is 19.1 Å². The van der Waals surface area contributed by atoms with Gasteiger partial charge >= 0.3 is 6.18 Å². The third kappa shape index (κ3) is 4.32. The fourth-order valence-corrected chi connectivity index (χ4v) is 3.44. The molecule has 1 atom stereocenters. The Bertz CT molecular complexity index is 1050. The summed E-state index contributed by atoms with van der Waals surface area (Å²) >= 11 is 0. The van der Waals surface area contributed by atoms with Gasteiger partial charge in [0.15, 0.2) is 6.61 Å². The molecule has 1 aromatic carbocycles. The van der Waals surface area contributed by atoms with E-state index in [4.69, 9.17) is 10.00 Å². The van der Waals surface area contributed by atoms with Crippen LogP contribution in [-0.2, 0) is 6.54 Å². The standard InChI is InChI=1S/C20H18F3N5O/c21-20(22,23)12-29-19-16(15-3-1-13(8-24)2-4-15)7-18-17(27-19)10-26-28(18)11-14-5-6-25-9-14/h1-4,7,10,14,25H,5-6,9,11-12H2/t14-/m0/s1. The highest BCUT2D eigenvalue weighted by Gasteiger charge is 2.29. The monoisotopic (exact) mass is 401 g/mol. The molecule has 0 radical (unpaired) electrons. The summed E-state index contributed by atoms with van der Waals surface area (Å²) in [5.41, 5.74) is 2.71. The first-order valence-electron chi connectivity index (χ1n) is 9.20. The van der Waals surface area contributed by atoms with Crippen molar-refractivity contribution in [3.63, 3.8) is 0 Å². The Hall–Kier alpha value is -3.12. The Morgan fingerprint density at radius 3 is 2.72 bits per heavy atom. The third-order valence-corrected chi connectivity index (χ3v) is 4.88. The Kier molecular flexibility index (Phi) is 5.11. The number of nitrogens with zero attached hydrogens (tertiary/aromatic N) is 4. The van der Waals surface area contributed by atoms with Crippen molar-refractivity contribution >= 4 is 11.0 Å². The van der Waals surface area contributed by atoms with E-state index in [2.05, 4.69) is 15.4 Å². The lowest BCUT2D eigenvalue weighted by molar-refractivity contribution is -0.153. The number of hydrogen-bond donors (Lipinski definition) is 1. The van der Waals surface area contributed by atoms with Crippen LogP contribution in [0.1, 0.15) is 12.0 Å². The van der Waals surface area contributed by atoms with Crippen molar-refractivity contribution in [1.29, 1.82) is 5.26 Å². The summed E-state index contributed by atoms with van der Waals surface area (Å²) in [7, 11) is 0. The fraction of sp³-hybridized carbons (Fsp3) is 0.350. The van der Waals surface area contributed by atoms with E-state index in [-0.39, 0.29) is 5.88 Å². The molecule has 0 aliphatic carbocycles. The molecule has 1 N–H and O–H groups in total. The minimum absolute atomic E-state index is 0.110. The van der Waals surface area contributed by atoms with E-state index in [1.54, 1.807) is 36.5 Å². The minimum Gasteiger partial charge on any atom is -0.468 e. The Morgan fingerprint density at radius 2 is 2.07 bits per heavy atom. The maximum atomic E-state index is 12.7. The van der Waals surface area contributed by atoms with Gasteiger partial charge in [-0.2, -0.15) is 23.5 Å². The highest BCUT2D eigenvalue weighted by atomic mass is 19.4. The second-order valence-corrected chi connectivity index (χ2v) is 7.02. The van der Waals surface area contributed by atoms with Crippen molar-refractivity contribution in [2.24, 2.45) is 5.92 Å². The molecule has 9 heteroatoms. The molecule has 0 amide bonds. The van der Waals surface area contributed by atoms with Crippen LogP contribution < -0.4 is 10.1 Å². The predicted octanol–water partition coefficient (Wildman–Crippen LogP) is 3.52. The van der Waals surface area contributed by atoms with E-state index in [1.165, 1.54) is 0 Å². The van der Waals surface area contributed by atoms with Crippen LogP contribution in [0.5, 0.6) is 5.88 Å². The minimum atomic E-state index is -4.47. The van der Waals surface area contributed by atoms with E-state index in [0.29, 0.717) is 34.7 Å². The first-order chi connectivity index (χ1) is 13.9. The molecular weight excluding hydrogens is 383 g/mol. The zero-order valence-corrected chi connectivity index (χ0v) is 15.4. The maximum Gasteiger partial charge on any atom is 0.422 e. The Balaban J connectivity index is 1.75. The molecule has 0 unspecified atom stereocenters. The lowest BCUT2D eigenvalue weighted by atomic mass is 10.0. The van der Waals surface area contributed by atoms with Crippen molar-refractivity contribution in [3.05, 3.63) is 42.1 Å². The van der Waals surface area contributed by atoms with Crippen LogP contribution in [0.4, 0.5) is 13.2 Å². The van der Waals surface area contributed by atoms with Crippen LogP contribution in [0, 0.1) is 17.2 Å². The zero-order valence-electron chi connectivity index (χ0n) is 15.4. The van der Waals surface area contributed by atoms with Gasteiger partial charge in [-0.3, -0.25) is 4.68 Å². The topological polar surface area (TPSA) is 75.8 Å². The van der Waals surface area contributed by atoms with E-state index >= 15 is 0 Å². The second kappa shape index (κ2) is 7.72. The number of fused-ring (bicyclic) bond motifs is 1. The van der Waals surface area contributed by atoms with E-state index < -0.39 is 12.8 Å². The summed E-state index contributed by atoms with van der Waals surface area (Å²) in [6.45, 7) is 1.14. The lowest BCUT2D eigenvalue weighted by Gasteiger charge is -2.14. The number of benzene rings is 1. The molecule has 1 fully saturated rings. The van der Waals surface area contributed by atoms with Crippen molar-refractivity contribution in [1.82, 2.24) is 20.1 Å². The molecule has 29 heavy (non-hydrogen) atoms. The summed E-state index contributed by atoms with van der Waals surface area (Å²) in [6, 6.07) is 10.3. The normalized spacial score (nSPS) is 16.8. The predicted molar refractivity (Wildman–Crippen MR) is 100 cm³/mol. The quantitative estimate of drug-likeness (QED) is 0.708. The van der Waals surface area contributed by atoms with Crippen LogP contribution in [0.25, 0.3) is 22.2 Å².